The molecule has 0 amide bonds. The number of ketones is 1. The molecule has 0 bridgehead atoms. The number of nitrogens with zero attached hydrogens (tertiary/aromatic N) is 2. The summed E-state index contributed by atoms with van der Waals surface area (Å²) in [5, 5.41) is 3.05. The largest absolute Gasteiger partial charge is 0.364 e. The molecule has 0 aromatic heterocycles. The zero-order valence-corrected chi connectivity index (χ0v) is 12.8. The van der Waals surface area contributed by atoms with Gasteiger partial charge in [-0.15, -0.1) is 0 Å². The van der Waals surface area contributed by atoms with Gasteiger partial charge in [-0.2, -0.15) is 0 Å². The number of allylic oxidation sites excluding steroid dienone is 1. The Balaban J connectivity index is 2.14. The van der Waals surface area contributed by atoms with Crippen molar-refractivity contribution in [1.29, 1.82) is 0 Å². The summed E-state index contributed by atoms with van der Waals surface area (Å²) in [5.74, 6) is -2.07. The van der Waals surface area contributed by atoms with Gasteiger partial charge in [0, 0.05) is 31.7 Å². The van der Waals surface area contributed by atoms with Crippen LogP contribution in [0.4, 0.5) is 14.5 Å². The number of halogens is 2. The van der Waals surface area contributed by atoms with E-state index in [0.717, 1.165) is 6.07 Å². The topological polar surface area (TPSA) is 40.6 Å². The van der Waals surface area contributed by atoms with Crippen molar-refractivity contribution in [3.05, 3.63) is 34.7 Å². The Bertz CT molecular complexity index is 734. The number of hydrogen-bond donors (Lipinski definition) is 0. The molecule has 1 aromatic carbocycles. The molecule has 2 aliphatic heterocycles. The molecule has 0 aliphatic carbocycles. The molecule has 3 rings (SSSR count). The third-order valence-electron chi connectivity index (χ3n) is 3.90. The van der Waals surface area contributed by atoms with E-state index in [4.69, 9.17) is 0 Å². The molecule has 1 fully saturated rings. The number of anilines is 1. The first kappa shape index (κ1) is 15.1. The van der Waals surface area contributed by atoms with E-state index in [1.807, 2.05) is 7.05 Å². The zero-order chi connectivity index (χ0) is 15.9. The number of likely N-dealkylation sites (N-methyl/N-ethyl adjacent to an activating group) is 1. The second-order valence-corrected chi connectivity index (χ2v) is 6.80. The van der Waals surface area contributed by atoms with Crippen LogP contribution in [0.2, 0.25) is 0 Å². The molecule has 0 saturated carbocycles. The van der Waals surface area contributed by atoms with Crippen molar-refractivity contribution in [2.24, 2.45) is 0 Å². The molecular formula is C15H14F2N2O2S. The van der Waals surface area contributed by atoms with E-state index in [1.165, 1.54) is 11.5 Å². The maximum Gasteiger partial charge on any atom is 0.187 e. The smallest absolute Gasteiger partial charge is 0.187 e. The summed E-state index contributed by atoms with van der Waals surface area (Å²) in [5.41, 5.74) is -0.232. The Morgan fingerprint density at radius 3 is 2.55 bits per heavy atom. The van der Waals surface area contributed by atoms with Crippen LogP contribution in [0.25, 0.3) is 0 Å². The lowest BCUT2D eigenvalue weighted by Crippen LogP contribution is -2.45. The Kier molecular flexibility index (Phi) is 3.95. The summed E-state index contributed by atoms with van der Waals surface area (Å²) in [6.45, 7) is 2.37. The van der Waals surface area contributed by atoms with Crippen LogP contribution < -0.4 is 4.90 Å². The molecule has 2 aliphatic rings. The minimum Gasteiger partial charge on any atom is -0.364 e. The Labute approximate surface area is 128 Å². The van der Waals surface area contributed by atoms with Gasteiger partial charge >= 0.3 is 0 Å². The van der Waals surface area contributed by atoms with E-state index >= 15 is 0 Å². The molecule has 4 nitrogen and oxygen atoms in total. The van der Waals surface area contributed by atoms with Crippen molar-refractivity contribution in [1.82, 2.24) is 4.90 Å². The lowest BCUT2D eigenvalue weighted by molar-refractivity contribution is 0.104. The maximum atomic E-state index is 14.9. The van der Waals surface area contributed by atoms with Gasteiger partial charge in [0.25, 0.3) is 0 Å². The van der Waals surface area contributed by atoms with Crippen LogP contribution >= 0.6 is 10.5 Å². The molecule has 116 valence electrons. The van der Waals surface area contributed by atoms with Crippen LogP contribution in [0.1, 0.15) is 10.4 Å². The summed E-state index contributed by atoms with van der Waals surface area (Å²) < 4.78 is 29.2. The third-order valence-corrected chi connectivity index (χ3v) is 5.33. The van der Waals surface area contributed by atoms with Crippen LogP contribution in [0.5, 0.6) is 0 Å². The fraction of sp³-hybridized carbons (Fsp3) is 0.333. The van der Waals surface area contributed by atoms with Crippen molar-refractivity contribution < 1.29 is 18.4 Å². The first-order chi connectivity index (χ1) is 10.5. The van der Waals surface area contributed by atoms with Crippen LogP contribution in [0, 0.1) is 11.6 Å². The van der Waals surface area contributed by atoms with Crippen LogP contribution in [-0.2, 0) is 4.79 Å². The van der Waals surface area contributed by atoms with Gasteiger partial charge in [-0.05, 0) is 35.1 Å². The van der Waals surface area contributed by atoms with Gasteiger partial charge in [-0.25, -0.2) is 13.6 Å². The molecule has 2 heterocycles. The number of hydrogen-bond acceptors (Lipinski definition) is 4. The SMILES string of the molecule is CN1CCN(c2c(F)cc3c(c2F)S(=C=O)C=CC3=O)CC1. The predicted molar refractivity (Wildman–Crippen MR) is 81.1 cm³/mol. The van der Waals surface area contributed by atoms with Crippen molar-refractivity contribution in [3.8, 4) is 0 Å². The van der Waals surface area contributed by atoms with Crippen molar-refractivity contribution in [2.75, 3.05) is 38.1 Å². The molecule has 0 spiro atoms. The zero-order valence-electron chi connectivity index (χ0n) is 11.9. The molecule has 22 heavy (non-hydrogen) atoms. The Morgan fingerprint density at radius 1 is 1.23 bits per heavy atom. The second-order valence-electron chi connectivity index (χ2n) is 5.28. The predicted octanol–water partition coefficient (Wildman–Crippen LogP) is 2.12. The van der Waals surface area contributed by atoms with Gasteiger partial charge in [0.2, 0.25) is 0 Å². The number of carbonyl (C=O) groups excluding carboxylic acids is 2. The number of piperazine rings is 1. The lowest BCUT2D eigenvalue weighted by atomic mass is 10.1. The number of benzene rings is 1. The van der Waals surface area contributed by atoms with Crippen molar-refractivity contribution >= 4 is 27.2 Å². The fourth-order valence-corrected chi connectivity index (χ4v) is 3.89. The molecule has 1 atom stereocenters. The highest BCUT2D eigenvalue weighted by Gasteiger charge is 2.29. The number of fused-ring (bicyclic) bond motifs is 1. The highest BCUT2D eigenvalue weighted by atomic mass is 32.2. The minimum atomic E-state index is -1.27. The molecular weight excluding hydrogens is 310 g/mol. The van der Waals surface area contributed by atoms with Crippen LogP contribution in [0.3, 0.4) is 0 Å². The summed E-state index contributed by atoms with van der Waals surface area (Å²) in [6.07, 6.45) is 1.17. The Hall–Kier alpha value is -1.82. The second kappa shape index (κ2) is 5.76. The first-order valence-electron chi connectivity index (χ1n) is 6.82. The summed E-state index contributed by atoms with van der Waals surface area (Å²) in [4.78, 5) is 26.5. The average molecular weight is 324 g/mol. The molecule has 1 unspecified atom stereocenters. The standard InChI is InChI=1S/C15H14F2N2O2S/c1-18-3-5-19(6-4-18)14-11(16)8-10-12(21)2-7-22(9-20)15(10)13(14)17/h2,7-8H,3-6H2,1H3. The van der Waals surface area contributed by atoms with Gasteiger partial charge in [0.15, 0.2) is 16.8 Å². The van der Waals surface area contributed by atoms with Crippen LogP contribution in [0.15, 0.2) is 22.4 Å². The normalized spacial score (nSPS) is 21.7. The van der Waals surface area contributed by atoms with Gasteiger partial charge in [0.05, 0.1) is 4.90 Å². The van der Waals surface area contributed by atoms with E-state index < -0.39 is 27.9 Å². The average Bonchev–Trinajstić information content (AvgIpc) is 2.50. The van der Waals surface area contributed by atoms with E-state index in [0.29, 0.717) is 26.2 Å². The minimum absolute atomic E-state index is 0.0437. The number of carbonyl (C=O) groups is 1. The highest BCUT2D eigenvalue weighted by molar-refractivity contribution is 8.17. The van der Waals surface area contributed by atoms with Gasteiger partial charge in [-0.3, -0.25) is 4.79 Å². The first-order valence-corrected chi connectivity index (χ1v) is 8.10. The highest BCUT2D eigenvalue weighted by Crippen LogP contribution is 2.41. The Morgan fingerprint density at radius 2 is 1.91 bits per heavy atom. The van der Waals surface area contributed by atoms with Crippen LogP contribution in [-0.4, -0.2) is 49.1 Å². The van der Waals surface area contributed by atoms with E-state index in [1.54, 1.807) is 10.1 Å². The summed E-state index contributed by atoms with van der Waals surface area (Å²) in [6, 6.07) is 1.04. The number of rotatable bonds is 1. The van der Waals surface area contributed by atoms with Gasteiger partial charge in [0.1, 0.15) is 11.5 Å². The lowest BCUT2D eigenvalue weighted by Gasteiger charge is -2.35. The molecule has 1 aromatic rings. The van der Waals surface area contributed by atoms with Gasteiger partial charge in [-0.1, -0.05) is 0 Å². The molecule has 7 heteroatoms. The molecule has 0 N–H and O–H groups in total. The van der Waals surface area contributed by atoms with E-state index in [-0.39, 0.29) is 16.1 Å². The summed E-state index contributed by atoms with van der Waals surface area (Å²) >= 11 is 0. The summed E-state index contributed by atoms with van der Waals surface area (Å²) in [7, 11) is 0.669. The van der Waals surface area contributed by atoms with E-state index in [9.17, 15) is 18.4 Å². The van der Waals surface area contributed by atoms with E-state index in [2.05, 4.69) is 4.90 Å². The fourth-order valence-electron chi connectivity index (χ4n) is 2.67. The van der Waals surface area contributed by atoms with Crippen molar-refractivity contribution in [3.63, 3.8) is 0 Å². The van der Waals surface area contributed by atoms with Gasteiger partial charge < -0.3 is 9.80 Å². The van der Waals surface area contributed by atoms with Crippen molar-refractivity contribution in [2.45, 2.75) is 4.90 Å². The third kappa shape index (κ3) is 2.41. The molecule has 1 saturated heterocycles. The molecule has 0 radical (unpaired) electrons. The monoisotopic (exact) mass is 324 g/mol. The quantitative estimate of drug-likeness (QED) is 0.742. The maximum absolute atomic E-state index is 14.9.